The fourth-order valence-electron chi connectivity index (χ4n) is 10.7. The molecule has 0 rings (SSSR count). The molecule has 0 aliphatic rings. The Morgan fingerprint density at radius 1 is 0.308 bits per heavy atom. The van der Waals surface area contributed by atoms with Crippen molar-refractivity contribution < 1.29 is 80.2 Å². The minimum atomic E-state index is -4.95. The molecule has 91 heavy (non-hydrogen) atoms. The van der Waals surface area contributed by atoms with E-state index in [1.165, 1.54) is 148 Å². The summed E-state index contributed by atoms with van der Waals surface area (Å²) in [5.41, 5.74) is 0. The average Bonchev–Trinajstić information content (AvgIpc) is 3.73. The normalized spacial score (nSPS) is 15.1. The maximum absolute atomic E-state index is 13.0. The van der Waals surface area contributed by atoms with Gasteiger partial charge < -0.3 is 33.8 Å². The van der Waals surface area contributed by atoms with Gasteiger partial charge in [-0.2, -0.15) is 0 Å². The van der Waals surface area contributed by atoms with E-state index >= 15 is 0 Å². The summed E-state index contributed by atoms with van der Waals surface area (Å²) in [7, 11) is -9.91. The van der Waals surface area contributed by atoms with Gasteiger partial charge in [-0.05, 0) is 49.4 Å². The molecule has 17 nitrogen and oxygen atoms in total. The maximum atomic E-state index is 13.0. The van der Waals surface area contributed by atoms with Crippen molar-refractivity contribution in [3.8, 4) is 0 Å². The molecule has 5 unspecified atom stereocenters. The fraction of sp³-hybridized carbons (Fsp3) is 0.944. The summed E-state index contributed by atoms with van der Waals surface area (Å²) in [5.74, 6) is 0.929. The van der Waals surface area contributed by atoms with Crippen LogP contribution in [0.4, 0.5) is 0 Å². The van der Waals surface area contributed by atoms with Crippen molar-refractivity contribution in [3.05, 3.63) is 0 Å². The van der Waals surface area contributed by atoms with Gasteiger partial charge in [0.25, 0.3) is 0 Å². The van der Waals surface area contributed by atoms with Crippen molar-refractivity contribution in [2.24, 2.45) is 23.7 Å². The zero-order chi connectivity index (χ0) is 67.5. The number of unbranched alkanes of at least 4 members (excludes halogenated alkanes) is 32. The summed E-state index contributed by atoms with van der Waals surface area (Å²) in [6.45, 7) is 14.1. The van der Waals surface area contributed by atoms with Gasteiger partial charge in [-0.1, -0.05) is 306 Å². The third-order valence-corrected chi connectivity index (χ3v) is 19.6. The topological polar surface area (TPSA) is 237 Å². The second kappa shape index (κ2) is 61.6. The molecule has 0 saturated heterocycles. The molecule has 0 aromatic heterocycles. The molecule has 0 fully saturated rings. The molecule has 3 N–H and O–H groups in total. The van der Waals surface area contributed by atoms with E-state index in [4.69, 9.17) is 37.0 Å². The van der Waals surface area contributed by atoms with Gasteiger partial charge in [-0.25, -0.2) is 9.13 Å². The number of aliphatic hydroxyl groups is 1. The van der Waals surface area contributed by atoms with Crippen LogP contribution in [0.2, 0.25) is 0 Å². The average molecular weight is 1340 g/mol. The molecule has 8 atom stereocenters. The van der Waals surface area contributed by atoms with E-state index in [1.54, 1.807) is 0 Å². The molecule has 0 bridgehead atoms. The second-order valence-electron chi connectivity index (χ2n) is 27.2. The van der Waals surface area contributed by atoms with Gasteiger partial charge in [0.1, 0.15) is 19.3 Å². The Morgan fingerprint density at radius 3 is 0.780 bits per heavy atom. The minimum absolute atomic E-state index is 0.105. The molecule has 0 radical (unpaired) electrons. The minimum Gasteiger partial charge on any atom is -0.462 e. The Hall–Kier alpha value is -1.94. The summed E-state index contributed by atoms with van der Waals surface area (Å²) in [6.07, 6.45) is 44.5. The van der Waals surface area contributed by atoms with Crippen LogP contribution in [0.25, 0.3) is 0 Å². The van der Waals surface area contributed by atoms with Gasteiger partial charge in [0.05, 0.1) is 26.4 Å². The first-order valence-corrected chi connectivity index (χ1v) is 40.3. The van der Waals surface area contributed by atoms with Crippen molar-refractivity contribution in [2.75, 3.05) is 39.6 Å². The SMILES string of the molecule is CCC(C)CCCCCCCCCCCCCCCCC(=O)O[C@H](COC(=O)CCCCCCCCC(C)CC)COP(=O)(O)OC[C@H](O)COP(=O)(O)OC[C@@H](COC(=O)CCCCCCCCC(C)C)OC(=O)CCCCCCCCCCCCC(C)CC. The largest absolute Gasteiger partial charge is 0.472 e. The van der Waals surface area contributed by atoms with E-state index in [2.05, 4.69) is 55.4 Å². The second-order valence-corrected chi connectivity index (χ2v) is 30.1. The van der Waals surface area contributed by atoms with E-state index in [-0.39, 0.29) is 25.7 Å². The van der Waals surface area contributed by atoms with E-state index in [1.807, 2.05) is 0 Å². The molecule has 0 aromatic carbocycles. The molecule has 0 saturated carbocycles. The van der Waals surface area contributed by atoms with Crippen LogP contribution in [0.5, 0.6) is 0 Å². The lowest BCUT2D eigenvalue weighted by Crippen LogP contribution is -2.30. The molecule has 0 heterocycles. The van der Waals surface area contributed by atoms with Crippen LogP contribution < -0.4 is 0 Å². The number of hydrogen-bond acceptors (Lipinski definition) is 15. The van der Waals surface area contributed by atoms with Crippen LogP contribution in [-0.4, -0.2) is 96.7 Å². The first-order valence-electron chi connectivity index (χ1n) is 37.3. The van der Waals surface area contributed by atoms with Crippen LogP contribution in [0, 0.1) is 23.7 Å². The van der Waals surface area contributed by atoms with Crippen LogP contribution in [0.3, 0.4) is 0 Å². The van der Waals surface area contributed by atoms with Crippen molar-refractivity contribution in [1.82, 2.24) is 0 Å². The summed E-state index contributed by atoms with van der Waals surface area (Å²) >= 11 is 0. The van der Waals surface area contributed by atoms with Gasteiger partial charge in [0, 0.05) is 25.7 Å². The van der Waals surface area contributed by atoms with Crippen molar-refractivity contribution >= 4 is 39.5 Å². The number of phosphoric acid groups is 2. The molecule has 0 spiro atoms. The predicted octanol–water partition coefficient (Wildman–Crippen LogP) is 20.5. The van der Waals surface area contributed by atoms with Crippen molar-refractivity contribution in [1.29, 1.82) is 0 Å². The number of hydrogen-bond donors (Lipinski definition) is 3. The van der Waals surface area contributed by atoms with Crippen LogP contribution >= 0.6 is 15.6 Å². The number of carbonyl (C=O) groups is 4. The fourth-order valence-corrected chi connectivity index (χ4v) is 12.3. The third-order valence-electron chi connectivity index (χ3n) is 17.7. The number of phosphoric ester groups is 2. The van der Waals surface area contributed by atoms with E-state index in [9.17, 15) is 43.2 Å². The number of rotatable bonds is 69. The zero-order valence-corrected chi connectivity index (χ0v) is 61.3. The van der Waals surface area contributed by atoms with Gasteiger partial charge in [-0.3, -0.25) is 37.3 Å². The quantitative estimate of drug-likeness (QED) is 0.0222. The molecule has 19 heteroatoms. The number of ether oxygens (including phenoxy) is 4. The highest BCUT2D eigenvalue weighted by molar-refractivity contribution is 7.47. The van der Waals surface area contributed by atoms with Crippen molar-refractivity contribution in [3.63, 3.8) is 0 Å². The van der Waals surface area contributed by atoms with Crippen molar-refractivity contribution in [2.45, 2.75) is 375 Å². The van der Waals surface area contributed by atoms with Crippen LogP contribution in [-0.2, 0) is 65.4 Å². The van der Waals surface area contributed by atoms with E-state index in [0.29, 0.717) is 31.6 Å². The molecular weight excluding hydrogens is 1200 g/mol. The van der Waals surface area contributed by atoms with Gasteiger partial charge in [-0.15, -0.1) is 0 Å². The summed E-state index contributed by atoms with van der Waals surface area (Å²) < 4.78 is 68.3. The number of esters is 4. The van der Waals surface area contributed by atoms with Gasteiger partial charge in [0.15, 0.2) is 12.2 Å². The van der Waals surface area contributed by atoms with E-state index in [0.717, 1.165) is 120 Å². The van der Waals surface area contributed by atoms with Crippen LogP contribution in [0.1, 0.15) is 357 Å². The van der Waals surface area contributed by atoms with Gasteiger partial charge in [0.2, 0.25) is 0 Å². The lowest BCUT2D eigenvalue weighted by atomic mass is 9.99. The standard InChI is InChI=1S/C72H140O17P2/c1-9-63(6)49-41-33-24-20-16-14-12-13-15-17-22-26-38-46-54-71(76)89-68(59-83-70(75)53-45-37-31-29-35-43-51-65(8)11-3)61-87-91(80,81)85-57-66(73)56-84-90(78,79)86-60-67(58-82-69(74)52-44-36-30-28-32-40-48-62(4)5)88-72(77)55-47-39-27-23-19-18-21-25-34-42-50-64(7)10-2/h62-68,73H,9-61H2,1-8H3,(H,78,79)(H,80,81)/t63?,64?,65?,66-,67-,68-/m1/s1. The third kappa shape index (κ3) is 62.6. The first-order chi connectivity index (χ1) is 43.7. The molecule has 540 valence electrons. The highest BCUT2D eigenvalue weighted by Gasteiger charge is 2.30. The Balaban J connectivity index is 5.22. The molecule has 0 aliphatic heterocycles. The molecule has 0 aliphatic carbocycles. The smallest absolute Gasteiger partial charge is 0.462 e. The van der Waals surface area contributed by atoms with Gasteiger partial charge >= 0.3 is 39.5 Å². The Kier molecular flexibility index (Phi) is 60.3. The highest BCUT2D eigenvalue weighted by atomic mass is 31.2. The molecule has 0 aromatic rings. The maximum Gasteiger partial charge on any atom is 0.472 e. The highest BCUT2D eigenvalue weighted by Crippen LogP contribution is 2.45. The lowest BCUT2D eigenvalue weighted by molar-refractivity contribution is -0.161. The van der Waals surface area contributed by atoms with Crippen LogP contribution in [0.15, 0.2) is 0 Å². The Bertz CT molecular complexity index is 1800. The summed E-state index contributed by atoms with van der Waals surface area (Å²) in [6, 6.07) is 0. The first kappa shape index (κ1) is 89.1. The molecule has 0 amide bonds. The summed E-state index contributed by atoms with van der Waals surface area (Å²) in [5, 5.41) is 10.6. The van der Waals surface area contributed by atoms with E-state index < -0.39 is 97.5 Å². The predicted molar refractivity (Wildman–Crippen MR) is 367 cm³/mol. The molecular formula is C72H140O17P2. The number of carbonyl (C=O) groups excluding carboxylic acids is 4. The Morgan fingerprint density at radius 2 is 0.527 bits per heavy atom. The monoisotopic (exact) mass is 1340 g/mol. The lowest BCUT2D eigenvalue weighted by Gasteiger charge is -2.21. The number of aliphatic hydroxyl groups excluding tert-OH is 1. The zero-order valence-electron chi connectivity index (χ0n) is 59.5. The Labute approximate surface area is 556 Å². The summed E-state index contributed by atoms with van der Waals surface area (Å²) in [4.78, 5) is 72.6.